The van der Waals surface area contributed by atoms with Gasteiger partial charge in [0.25, 0.3) is 0 Å². The zero-order valence-corrected chi connectivity index (χ0v) is 16.6. The van der Waals surface area contributed by atoms with Crippen molar-refractivity contribution in [3.05, 3.63) is 23.1 Å². The minimum atomic E-state index is 0.472. The minimum absolute atomic E-state index is 0.472. The highest BCUT2D eigenvalue weighted by atomic mass is 32.1. The maximum Gasteiger partial charge on any atom is 0.150 e. The Morgan fingerprint density at radius 3 is 2.58 bits per heavy atom. The number of hydrogen-bond donors (Lipinski definition) is 0. The smallest absolute Gasteiger partial charge is 0.150 e. The average molecular weight is 368 g/mol. The van der Waals surface area contributed by atoms with Gasteiger partial charge < -0.3 is 9.80 Å². The van der Waals surface area contributed by atoms with Crippen LogP contribution in [-0.2, 0) is 12.8 Å². The first-order valence-corrected chi connectivity index (χ1v) is 10.5. The van der Waals surface area contributed by atoms with Gasteiger partial charge in [0.1, 0.15) is 17.0 Å². The van der Waals surface area contributed by atoms with Crippen LogP contribution in [0, 0.1) is 0 Å². The van der Waals surface area contributed by atoms with Gasteiger partial charge in [-0.25, -0.2) is 15.0 Å². The molecule has 3 aromatic rings. The number of thiophene rings is 1. The van der Waals surface area contributed by atoms with E-state index in [9.17, 15) is 0 Å². The van der Waals surface area contributed by atoms with Crippen molar-refractivity contribution in [2.45, 2.75) is 39.0 Å². The second kappa shape index (κ2) is 6.13. The molecule has 3 aromatic heterocycles. The molecular formula is C20H25N5S. The van der Waals surface area contributed by atoms with Crippen LogP contribution in [0.25, 0.3) is 20.4 Å². The molecule has 1 aliphatic heterocycles. The first kappa shape index (κ1) is 16.4. The summed E-state index contributed by atoms with van der Waals surface area (Å²) in [5.41, 5.74) is 5.42. The average Bonchev–Trinajstić information content (AvgIpc) is 3.25. The van der Waals surface area contributed by atoms with Gasteiger partial charge in [-0.1, -0.05) is 13.8 Å². The van der Waals surface area contributed by atoms with Crippen molar-refractivity contribution < 1.29 is 0 Å². The van der Waals surface area contributed by atoms with Crippen molar-refractivity contribution in [3.63, 3.8) is 0 Å². The predicted molar refractivity (Wildman–Crippen MR) is 109 cm³/mol. The summed E-state index contributed by atoms with van der Waals surface area (Å²) in [5, 5.41) is 1.31. The largest absolute Gasteiger partial charge is 0.353 e. The molecule has 1 fully saturated rings. The number of anilines is 1. The number of aryl methyl sites for hydroxylation is 1. The molecule has 1 saturated heterocycles. The van der Waals surface area contributed by atoms with Gasteiger partial charge in [-0.2, -0.15) is 0 Å². The molecule has 0 atom stereocenters. The lowest BCUT2D eigenvalue weighted by atomic mass is 9.99. The highest BCUT2D eigenvalue weighted by molar-refractivity contribution is 7.26. The van der Waals surface area contributed by atoms with E-state index in [0.29, 0.717) is 5.92 Å². The highest BCUT2D eigenvalue weighted by Crippen LogP contribution is 2.43. The Labute approximate surface area is 158 Å². The van der Waals surface area contributed by atoms with Gasteiger partial charge in [0, 0.05) is 37.3 Å². The summed E-state index contributed by atoms with van der Waals surface area (Å²) in [6.45, 7) is 8.74. The number of piperazine rings is 1. The summed E-state index contributed by atoms with van der Waals surface area (Å²) >= 11 is 1.79. The van der Waals surface area contributed by atoms with E-state index in [1.54, 1.807) is 17.7 Å². The molecule has 0 aromatic carbocycles. The topological polar surface area (TPSA) is 45.2 Å². The molecule has 1 aliphatic carbocycles. The monoisotopic (exact) mass is 367 g/mol. The van der Waals surface area contributed by atoms with Gasteiger partial charge in [-0.05, 0) is 43.4 Å². The Morgan fingerprint density at radius 2 is 1.81 bits per heavy atom. The van der Waals surface area contributed by atoms with Gasteiger partial charge in [-0.3, -0.25) is 0 Å². The van der Waals surface area contributed by atoms with Crippen LogP contribution in [0.3, 0.4) is 0 Å². The number of pyridine rings is 1. The molecular weight excluding hydrogens is 342 g/mol. The quantitative estimate of drug-likeness (QED) is 0.692. The number of fused-ring (bicyclic) bond motifs is 5. The van der Waals surface area contributed by atoms with Gasteiger partial charge in [0.15, 0.2) is 0 Å². The van der Waals surface area contributed by atoms with Crippen LogP contribution in [0.5, 0.6) is 0 Å². The first-order valence-electron chi connectivity index (χ1n) is 9.66. The van der Waals surface area contributed by atoms with E-state index in [4.69, 9.17) is 9.97 Å². The van der Waals surface area contributed by atoms with Gasteiger partial charge in [0.2, 0.25) is 0 Å². The maximum absolute atomic E-state index is 5.11. The van der Waals surface area contributed by atoms with Crippen molar-refractivity contribution in [2.75, 3.05) is 38.1 Å². The first-order chi connectivity index (χ1) is 12.6. The zero-order valence-electron chi connectivity index (χ0n) is 15.7. The summed E-state index contributed by atoms with van der Waals surface area (Å²) in [4.78, 5) is 20.5. The Kier molecular flexibility index (Phi) is 3.87. The van der Waals surface area contributed by atoms with Crippen LogP contribution in [0.4, 0.5) is 5.82 Å². The summed E-state index contributed by atoms with van der Waals surface area (Å²) in [5.74, 6) is 1.57. The number of rotatable bonds is 2. The van der Waals surface area contributed by atoms with E-state index in [1.165, 1.54) is 39.7 Å². The van der Waals surface area contributed by atoms with Crippen LogP contribution < -0.4 is 4.90 Å². The van der Waals surface area contributed by atoms with Crippen LogP contribution in [0.2, 0.25) is 0 Å². The minimum Gasteiger partial charge on any atom is -0.353 e. The fraction of sp³-hybridized carbons (Fsp3) is 0.550. The summed E-state index contributed by atoms with van der Waals surface area (Å²) in [6, 6.07) is 0. The van der Waals surface area contributed by atoms with Crippen LogP contribution in [0.15, 0.2) is 6.33 Å². The second-order valence-electron chi connectivity index (χ2n) is 7.91. The third-order valence-corrected chi connectivity index (χ3v) is 6.90. The molecule has 0 N–H and O–H groups in total. The molecule has 136 valence electrons. The molecule has 0 spiro atoms. The van der Waals surface area contributed by atoms with E-state index >= 15 is 0 Å². The molecule has 6 heteroatoms. The van der Waals surface area contributed by atoms with E-state index in [2.05, 4.69) is 35.7 Å². The lowest BCUT2D eigenvalue weighted by molar-refractivity contribution is 0.312. The van der Waals surface area contributed by atoms with Crippen LogP contribution >= 0.6 is 11.3 Å². The molecule has 5 rings (SSSR count). The van der Waals surface area contributed by atoms with E-state index in [1.807, 2.05) is 0 Å². The molecule has 5 nitrogen and oxygen atoms in total. The van der Waals surface area contributed by atoms with Crippen molar-refractivity contribution in [3.8, 4) is 0 Å². The normalized spacial score (nSPS) is 18.4. The highest BCUT2D eigenvalue weighted by Gasteiger charge is 2.26. The molecule has 0 bridgehead atoms. The molecule has 4 heterocycles. The Hall–Kier alpha value is -1.79. The summed E-state index contributed by atoms with van der Waals surface area (Å²) in [7, 11) is 2.19. The van der Waals surface area contributed by atoms with Crippen LogP contribution in [0.1, 0.15) is 43.0 Å². The standard InChI is InChI=1S/C20H25N5S/c1-12(2)16-14-6-4-5-13(14)15-17-18(26-20(15)23-16)19(22-11-21-17)25-9-7-24(3)8-10-25/h11-12H,4-10H2,1-3H3. The number of aromatic nitrogens is 3. The van der Waals surface area contributed by atoms with Crippen LogP contribution in [-0.4, -0.2) is 53.1 Å². The third kappa shape index (κ3) is 2.42. The third-order valence-electron chi connectivity index (χ3n) is 5.83. The Bertz CT molecular complexity index is 985. The molecule has 0 amide bonds. The Balaban J connectivity index is 1.74. The second-order valence-corrected chi connectivity index (χ2v) is 8.91. The molecule has 0 unspecified atom stereocenters. The lowest BCUT2D eigenvalue weighted by Gasteiger charge is -2.33. The molecule has 2 aliphatic rings. The van der Waals surface area contributed by atoms with Gasteiger partial charge in [-0.15, -0.1) is 11.3 Å². The van der Waals surface area contributed by atoms with Gasteiger partial charge in [0.05, 0.1) is 10.2 Å². The van der Waals surface area contributed by atoms with E-state index < -0.39 is 0 Å². The summed E-state index contributed by atoms with van der Waals surface area (Å²) < 4.78 is 1.22. The zero-order chi connectivity index (χ0) is 17.8. The van der Waals surface area contributed by atoms with Crippen molar-refractivity contribution in [2.24, 2.45) is 0 Å². The summed E-state index contributed by atoms with van der Waals surface area (Å²) in [6.07, 6.45) is 5.32. The Morgan fingerprint density at radius 1 is 1.04 bits per heavy atom. The van der Waals surface area contributed by atoms with Gasteiger partial charge >= 0.3 is 0 Å². The van der Waals surface area contributed by atoms with E-state index in [-0.39, 0.29) is 0 Å². The van der Waals surface area contributed by atoms with Crippen molar-refractivity contribution in [1.82, 2.24) is 19.9 Å². The number of nitrogens with zero attached hydrogens (tertiary/aromatic N) is 5. The molecule has 26 heavy (non-hydrogen) atoms. The maximum atomic E-state index is 5.11. The SMILES string of the molecule is CC(C)c1nc2sc3c(N4CCN(C)CC4)ncnc3c2c2c1CCC2. The molecule has 0 radical (unpaired) electrons. The fourth-order valence-corrected chi connectivity index (χ4v) is 5.62. The number of hydrogen-bond acceptors (Lipinski definition) is 6. The lowest BCUT2D eigenvalue weighted by Crippen LogP contribution is -2.44. The number of likely N-dealkylation sites (N-methyl/N-ethyl adjacent to an activating group) is 1. The molecule has 0 saturated carbocycles. The van der Waals surface area contributed by atoms with Crippen molar-refractivity contribution >= 4 is 37.6 Å². The fourth-order valence-electron chi connectivity index (χ4n) is 4.44. The predicted octanol–water partition coefficient (Wildman–Crippen LogP) is 3.60. The van der Waals surface area contributed by atoms with E-state index in [0.717, 1.165) is 48.8 Å². The van der Waals surface area contributed by atoms with Crippen molar-refractivity contribution in [1.29, 1.82) is 0 Å².